The number of allylic oxidation sites excluding steroid dienone is 2. The van der Waals surface area contributed by atoms with Crippen molar-refractivity contribution in [3.05, 3.63) is 24.9 Å². The number of nitrogens with zero attached hydrogens (tertiary/aromatic N) is 2. The van der Waals surface area contributed by atoms with Crippen LogP contribution < -0.4 is 0 Å². The summed E-state index contributed by atoms with van der Waals surface area (Å²) in [6, 6.07) is 0. The highest BCUT2D eigenvalue weighted by Gasteiger charge is 2.29. The molecule has 0 spiro atoms. The van der Waals surface area contributed by atoms with Gasteiger partial charge < -0.3 is 0 Å². The summed E-state index contributed by atoms with van der Waals surface area (Å²) in [6.07, 6.45) is 11.1. The van der Waals surface area contributed by atoms with Gasteiger partial charge in [0.1, 0.15) is 0 Å². The maximum Gasteiger partial charge on any atom is 0.0423 e. The summed E-state index contributed by atoms with van der Waals surface area (Å²) >= 11 is 0. The predicted octanol–water partition coefficient (Wildman–Crippen LogP) is 2.87. The van der Waals surface area contributed by atoms with Crippen molar-refractivity contribution in [2.75, 3.05) is 6.54 Å². The van der Waals surface area contributed by atoms with Gasteiger partial charge in [-0.3, -0.25) is 9.98 Å². The Morgan fingerprint density at radius 1 is 1.43 bits per heavy atom. The van der Waals surface area contributed by atoms with Crippen LogP contribution in [0.25, 0.3) is 0 Å². The lowest BCUT2D eigenvalue weighted by Gasteiger charge is -2.09. The minimum Gasteiger partial charge on any atom is -0.293 e. The fourth-order valence-corrected chi connectivity index (χ4v) is 1.55. The average molecular weight is 190 g/mol. The van der Waals surface area contributed by atoms with Gasteiger partial charge in [0.25, 0.3) is 0 Å². The van der Waals surface area contributed by atoms with Crippen LogP contribution in [0, 0.1) is 11.8 Å². The van der Waals surface area contributed by atoms with Gasteiger partial charge in [0.2, 0.25) is 0 Å². The Labute approximate surface area is 86.2 Å². The summed E-state index contributed by atoms with van der Waals surface area (Å²) in [6.45, 7) is 8.04. The maximum absolute atomic E-state index is 4.34. The van der Waals surface area contributed by atoms with Gasteiger partial charge in [0.05, 0.1) is 0 Å². The molecule has 1 aliphatic rings. The summed E-state index contributed by atoms with van der Waals surface area (Å²) in [5.41, 5.74) is 0. The van der Waals surface area contributed by atoms with Crippen molar-refractivity contribution < 1.29 is 0 Å². The predicted molar refractivity (Wildman–Crippen MR) is 63.1 cm³/mol. The molecule has 1 fully saturated rings. The van der Waals surface area contributed by atoms with Crippen molar-refractivity contribution in [3.63, 3.8) is 0 Å². The van der Waals surface area contributed by atoms with Crippen LogP contribution in [0.5, 0.6) is 0 Å². The van der Waals surface area contributed by atoms with Gasteiger partial charge in [-0.1, -0.05) is 6.08 Å². The van der Waals surface area contributed by atoms with Crippen molar-refractivity contribution in [1.29, 1.82) is 0 Å². The second kappa shape index (κ2) is 6.30. The highest BCUT2D eigenvalue weighted by atomic mass is 14.7. The number of aliphatic imine (C=N–C) groups is 2. The van der Waals surface area contributed by atoms with Crippen molar-refractivity contribution in [2.45, 2.75) is 19.3 Å². The molecule has 2 heteroatoms. The number of rotatable bonds is 7. The molecule has 76 valence electrons. The minimum absolute atomic E-state index is 0.703. The summed E-state index contributed by atoms with van der Waals surface area (Å²) in [4.78, 5) is 7.94. The third-order valence-electron chi connectivity index (χ3n) is 2.48. The molecule has 1 atom stereocenters. The van der Waals surface area contributed by atoms with E-state index in [2.05, 4.69) is 23.3 Å². The zero-order valence-corrected chi connectivity index (χ0v) is 8.60. The molecule has 1 aliphatic carbocycles. The van der Waals surface area contributed by atoms with Gasteiger partial charge in [0, 0.05) is 19.0 Å². The van der Waals surface area contributed by atoms with Crippen LogP contribution in [-0.4, -0.2) is 19.5 Å². The maximum atomic E-state index is 4.34. The SMILES string of the molecule is C=CCC(C/N=C\C=C/N=C)C1CC1. The fraction of sp³-hybridized carbons (Fsp3) is 0.500. The Balaban J connectivity index is 2.24. The first-order valence-electron chi connectivity index (χ1n) is 5.10. The van der Waals surface area contributed by atoms with Gasteiger partial charge in [-0.05, 0) is 43.9 Å². The summed E-state index contributed by atoms with van der Waals surface area (Å²) < 4.78 is 0. The van der Waals surface area contributed by atoms with Crippen molar-refractivity contribution in [1.82, 2.24) is 0 Å². The molecule has 0 heterocycles. The van der Waals surface area contributed by atoms with E-state index in [-0.39, 0.29) is 0 Å². The van der Waals surface area contributed by atoms with Gasteiger partial charge in [-0.15, -0.1) is 6.58 Å². The lowest BCUT2D eigenvalue weighted by molar-refractivity contribution is 0.482. The fourth-order valence-electron chi connectivity index (χ4n) is 1.55. The van der Waals surface area contributed by atoms with E-state index < -0.39 is 0 Å². The molecule has 1 rings (SSSR count). The quantitative estimate of drug-likeness (QED) is 0.435. The summed E-state index contributed by atoms with van der Waals surface area (Å²) in [5.74, 6) is 1.60. The average Bonchev–Trinajstić information content (AvgIpc) is 2.99. The standard InChI is InChI=1S/C12H18N2/c1-3-5-12(11-6-7-11)10-14-9-4-8-13-2/h3-4,8-9,11-12H,1-2,5-7,10H2/b8-4-,14-9-. The van der Waals surface area contributed by atoms with E-state index in [4.69, 9.17) is 0 Å². The first-order valence-corrected chi connectivity index (χ1v) is 5.10. The van der Waals surface area contributed by atoms with Crippen molar-refractivity contribution in [2.24, 2.45) is 21.8 Å². The van der Waals surface area contributed by atoms with Crippen LogP contribution >= 0.6 is 0 Å². The first kappa shape index (κ1) is 10.9. The van der Waals surface area contributed by atoms with Crippen molar-refractivity contribution in [3.8, 4) is 0 Å². The van der Waals surface area contributed by atoms with Crippen LogP contribution in [0.1, 0.15) is 19.3 Å². The lowest BCUT2D eigenvalue weighted by atomic mass is 10.0. The molecule has 0 aromatic heterocycles. The summed E-state index contributed by atoms with van der Waals surface area (Å²) in [7, 11) is 0. The lowest BCUT2D eigenvalue weighted by Crippen LogP contribution is -2.05. The molecule has 0 radical (unpaired) electrons. The molecule has 2 nitrogen and oxygen atoms in total. The second-order valence-corrected chi connectivity index (χ2v) is 3.66. The molecule has 1 saturated carbocycles. The van der Waals surface area contributed by atoms with Gasteiger partial charge in [0.15, 0.2) is 0 Å². The normalized spacial score (nSPS) is 18.9. The molecule has 0 N–H and O–H groups in total. The Morgan fingerprint density at radius 3 is 2.79 bits per heavy atom. The molecule has 0 bridgehead atoms. The Kier molecular flexibility index (Phi) is 4.90. The van der Waals surface area contributed by atoms with E-state index in [9.17, 15) is 0 Å². The molecular weight excluding hydrogens is 172 g/mol. The van der Waals surface area contributed by atoms with Crippen LogP contribution in [0.15, 0.2) is 34.9 Å². The van der Waals surface area contributed by atoms with Crippen LogP contribution in [0.3, 0.4) is 0 Å². The number of hydrogen-bond acceptors (Lipinski definition) is 2. The summed E-state index contributed by atoms with van der Waals surface area (Å²) in [5, 5.41) is 0. The molecule has 0 aliphatic heterocycles. The minimum atomic E-state index is 0.703. The highest BCUT2D eigenvalue weighted by Crippen LogP contribution is 2.38. The third-order valence-corrected chi connectivity index (χ3v) is 2.48. The van der Waals surface area contributed by atoms with Gasteiger partial charge >= 0.3 is 0 Å². The van der Waals surface area contributed by atoms with E-state index >= 15 is 0 Å². The van der Waals surface area contributed by atoms with E-state index in [1.807, 2.05) is 12.2 Å². The van der Waals surface area contributed by atoms with E-state index in [1.54, 1.807) is 12.4 Å². The highest BCUT2D eigenvalue weighted by molar-refractivity contribution is 5.70. The Morgan fingerprint density at radius 2 is 2.21 bits per heavy atom. The van der Waals surface area contributed by atoms with Crippen LogP contribution in [0.4, 0.5) is 0 Å². The smallest absolute Gasteiger partial charge is 0.0423 e. The molecule has 0 aromatic rings. The van der Waals surface area contributed by atoms with Crippen LogP contribution in [0.2, 0.25) is 0 Å². The molecule has 1 unspecified atom stereocenters. The first-order chi connectivity index (χ1) is 6.88. The van der Waals surface area contributed by atoms with E-state index in [1.165, 1.54) is 12.8 Å². The number of hydrogen-bond donors (Lipinski definition) is 0. The topological polar surface area (TPSA) is 24.7 Å². The molecule has 0 amide bonds. The zero-order chi connectivity index (χ0) is 10.2. The monoisotopic (exact) mass is 190 g/mol. The molecule has 0 saturated heterocycles. The zero-order valence-electron chi connectivity index (χ0n) is 8.60. The Bertz CT molecular complexity index is 237. The third kappa shape index (κ3) is 4.17. The molecular formula is C12H18N2. The molecule has 0 aromatic carbocycles. The largest absolute Gasteiger partial charge is 0.293 e. The molecule has 14 heavy (non-hydrogen) atoms. The Hall–Kier alpha value is -1.18. The van der Waals surface area contributed by atoms with Gasteiger partial charge in [-0.2, -0.15) is 0 Å². The van der Waals surface area contributed by atoms with Crippen LogP contribution in [-0.2, 0) is 0 Å². The van der Waals surface area contributed by atoms with Crippen molar-refractivity contribution >= 4 is 12.9 Å². The van der Waals surface area contributed by atoms with Gasteiger partial charge in [-0.25, -0.2) is 0 Å². The second-order valence-electron chi connectivity index (χ2n) is 3.66. The van der Waals surface area contributed by atoms with E-state index in [0.717, 1.165) is 18.9 Å². The van der Waals surface area contributed by atoms with E-state index in [0.29, 0.717) is 5.92 Å².